The fraction of sp³-hybridized carbons (Fsp3) is 0.538. The van der Waals surface area contributed by atoms with Crippen molar-refractivity contribution in [2.75, 3.05) is 24.6 Å². The summed E-state index contributed by atoms with van der Waals surface area (Å²) in [6, 6.07) is 7.81. The molecule has 2 N–H and O–H groups in total. The van der Waals surface area contributed by atoms with Gasteiger partial charge in [-0.3, -0.25) is 0 Å². The molecule has 0 heterocycles. The van der Waals surface area contributed by atoms with E-state index < -0.39 is 6.10 Å². The average Bonchev–Trinajstić information content (AvgIpc) is 2.29. The van der Waals surface area contributed by atoms with Gasteiger partial charge >= 0.3 is 0 Å². The van der Waals surface area contributed by atoms with Crippen LogP contribution in [0.1, 0.15) is 31.9 Å². The summed E-state index contributed by atoms with van der Waals surface area (Å²) in [7, 11) is 0. The molecule has 0 spiro atoms. The van der Waals surface area contributed by atoms with Gasteiger partial charge in [-0.15, -0.1) is 0 Å². The Labute approximate surface area is 97.3 Å². The minimum atomic E-state index is -0.478. The van der Waals surface area contributed by atoms with Crippen molar-refractivity contribution in [2.24, 2.45) is 0 Å². The van der Waals surface area contributed by atoms with Crippen LogP contribution in [0.2, 0.25) is 0 Å². The Bertz CT molecular complexity index is 307. The van der Waals surface area contributed by atoms with E-state index in [1.807, 2.05) is 24.3 Å². The molecule has 0 aliphatic carbocycles. The number of anilines is 1. The second kappa shape index (κ2) is 6.51. The molecule has 1 aromatic carbocycles. The summed E-state index contributed by atoms with van der Waals surface area (Å²) in [5.41, 5.74) is 1.94. The van der Waals surface area contributed by atoms with E-state index >= 15 is 0 Å². The summed E-state index contributed by atoms with van der Waals surface area (Å²) in [5.74, 6) is 0. The van der Waals surface area contributed by atoms with Crippen LogP contribution in [0.25, 0.3) is 0 Å². The molecule has 0 saturated heterocycles. The molecule has 0 saturated carbocycles. The number of aliphatic hydroxyl groups excluding tert-OH is 2. The average molecular weight is 223 g/mol. The van der Waals surface area contributed by atoms with Gasteiger partial charge in [0, 0.05) is 24.3 Å². The normalized spacial score (nSPS) is 12.5. The maximum Gasteiger partial charge on any atom is 0.0781 e. The van der Waals surface area contributed by atoms with Gasteiger partial charge in [-0.2, -0.15) is 0 Å². The highest BCUT2D eigenvalue weighted by molar-refractivity contribution is 5.54. The highest BCUT2D eigenvalue weighted by atomic mass is 16.3. The molecule has 0 aliphatic heterocycles. The third kappa shape index (κ3) is 3.22. The van der Waals surface area contributed by atoms with Crippen molar-refractivity contribution in [2.45, 2.75) is 26.4 Å². The van der Waals surface area contributed by atoms with Crippen molar-refractivity contribution in [1.29, 1.82) is 0 Å². The van der Waals surface area contributed by atoms with E-state index in [9.17, 15) is 5.11 Å². The number of hydrogen-bond acceptors (Lipinski definition) is 3. The van der Waals surface area contributed by atoms with Gasteiger partial charge in [0.05, 0.1) is 12.7 Å². The van der Waals surface area contributed by atoms with E-state index in [1.54, 1.807) is 6.92 Å². The van der Waals surface area contributed by atoms with Gasteiger partial charge in [0.15, 0.2) is 0 Å². The summed E-state index contributed by atoms with van der Waals surface area (Å²) in [6.07, 6.45) is 0.544. The lowest BCUT2D eigenvalue weighted by atomic mass is 10.1. The van der Waals surface area contributed by atoms with Crippen molar-refractivity contribution >= 4 is 5.69 Å². The second-order valence-corrected chi connectivity index (χ2v) is 3.95. The van der Waals surface area contributed by atoms with Crippen LogP contribution < -0.4 is 4.90 Å². The van der Waals surface area contributed by atoms with Crippen LogP contribution in [0.4, 0.5) is 5.69 Å². The summed E-state index contributed by atoms with van der Waals surface area (Å²) >= 11 is 0. The van der Waals surface area contributed by atoms with Crippen LogP contribution in [0.5, 0.6) is 0 Å². The topological polar surface area (TPSA) is 43.7 Å². The maximum atomic E-state index is 9.70. The molecule has 0 amide bonds. The number of rotatable bonds is 6. The van der Waals surface area contributed by atoms with Crippen molar-refractivity contribution in [3.05, 3.63) is 29.8 Å². The van der Waals surface area contributed by atoms with Crippen LogP contribution in [0, 0.1) is 0 Å². The summed E-state index contributed by atoms with van der Waals surface area (Å²) < 4.78 is 0. The Morgan fingerprint density at radius 2 is 1.94 bits per heavy atom. The molecular weight excluding hydrogens is 202 g/mol. The maximum absolute atomic E-state index is 9.70. The zero-order valence-electron chi connectivity index (χ0n) is 10.1. The largest absolute Gasteiger partial charge is 0.395 e. The van der Waals surface area contributed by atoms with Crippen LogP contribution in [0.15, 0.2) is 24.3 Å². The van der Waals surface area contributed by atoms with E-state index in [2.05, 4.69) is 11.8 Å². The molecule has 1 aromatic rings. The Balaban J connectivity index is 2.97. The lowest BCUT2D eigenvalue weighted by Gasteiger charge is -2.26. The Morgan fingerprint density at radius 1 is 1.25 bits per heavy atom. The first-order valence-electron chi connectivity index (χ1n) is 5.83. The fourth-order valence-corrected chi connectivity index (χ4v) is 1.87. The first kappa shape index (κ1) is 13.0. The molecule has 3 heteroatoms. The molecule has 0 unspecified atom stereocenters. The van der Waals surface area contributed by atoms with E-state index in [-0.39, 0.29) is 6.61 Å². The molecule has 1 rings (SSSR count). The van der Waals surface area contributed by atoms with Crippen molar-refractivity contribution in [3.63, 3.8) is 0 Å². The predicted molar refractivity (Wildman–Crippen MR) is 66.7 cm³/mol. The van der Waals surface area contributed by atoms with Gasteiger partial charge in [-0.25, -0.2) is 0 Å². The monoisotopic (exact) mass is 223 g/mol. The van der Waals surface area contributed by atoms with Gasteiger partial charge in [-0.05, 0) is 19.4 Å². The molecule has 90 valence electrons. The van der Waals surface area contributed by atoms with Crippen molar-refractivity contribution < 1.29 is 10.2 Å². The second-order valence-electron chi connectivity index (χ2n) is 3.95. The quantitative estimate of drug-likeness (QED) is 0.774. The molecule has 0 radical (unpaired) electrons. The van der Waals surface area contributed by atoms with Gasteiger partial charge in [0.25, 0.3) is 0 Å². The highest BCUT2D eigenvalue weighted by Gasteiger charge is 2.12. The first-order chi connectivity index (χ1) is 7.70. The van der Waals surface area contributed by atoms with Gasteiger partial charge in [0.1, 0.15) is 0 Å². The lowest BCUT2D eigenvalue weighted by Crippen LogP contribution is -2.28. The molecule has 3 nitrogen and oxygen atoms in total. The third-order valence-electron chi connectivity index (χ3n) is 2.59. The molecule has 0 bridgehead atoms. The number of benzene rings is 1. The predicted octanol–water partition coefficient (Wildman–Crippen LogP) is 1.95. The molecular formula is C13H21NO2. The number of para-hydroxylation sites is 1. The molecule has 1 atom stereocenters. The SMILES string of the molecule is CCCN(CCO)c1ccccc1[C@@H](C)O. The van der Waals surface area contributed by atoms with E-state index in [0.29, 0.717) is 6.54 Å². The standard InChI is InChI=1S/C13H21NO2/c1-3-8-14(9-10-15)13-7-5-4-6-12(13)11(2)16/h4-7,11,15-16H,3,8-10H2,1-2H3/t11-/m1/s1. The van der Waals surface area contributed by atoms with Gasteiger partial charge in [0.2, 0.25) is 0 Å². The smallest absolute Gasteiger partial charge is 0.0781 e. The minimum absolute atomic E-state index is 0.133. The van der Waals surface area contributed by atoms with Crippen molar-refractivity contribution in [3.8, 4) is 0 Å². The molecule has 0 aromatic heterocycles. The van der Waals surface area contributed by atoms with E-state index in [0.717, 1.165) is 24.2 Å². The zero-order chi connectivity index (χ0) is 12.0. The van der Waals surface area contributed by atoms with E-state index in [1.165, 1.54) is 0 Å². The molecule has 0 aliphatic rings. The van der Waals surface area contributed by atoms with Crippen LogP contribution in [0.3, 0.4) is 0 Å². The van der Waals surface area contributed by atoms with Gasteiger partial charge in [-0.1, -0.05) is 25.1 Å². The first-order valence-corrected chi connectivity index (χ1v) is 5.83. The van der Waals surface area contributed by atoms with Gasteiger partial charge < -0.3 is 15.1 Å². The minimum Gasteiger partial charge on any atom is -0.395 e. The number of hydrogen-bond donors (Lipinski definition) is 2. The lowest BCUT2D eigenvalue weighted by molar-refractivity contribution is 0.199. The Hall–Kier alpha value is -1.06. The number of aliphatic hydroxyl groups is 2. The third-order valence-corrected chi connectivity index (χ3v) is 2.59. The molecule has 16 heavy (non-hydrogen) atoms. The van der Waals surface area contributed by atoms with Crippen LogP contribution in [-0.2, 0) is 0 Å². The number of nitrogens with zero attached hydrogens (tertiary/aromatic N) is 1. The highest BCUT2D eigenvalue weighted by Crippen LogP contribution is 2.26. The van der Waals surface area contributed by atoms with Crippen molar-refractivity contribution in [1.82, 2.24) is 0 Å². The van der Waals surface area contributed by atoms with Crippen LogP contribution in [-0.4, -0.2) is 29.9 Å². The summed E-state index contributed by atoms with van der Waals surface area (Å²) in [6.45, 7) is 5.51. The fourth-order valence-electron chi connectivity index (χ4n) is 1.87. The zero-order valence-corrected chi connectivity index (χ0v) is 10.1. The van der Waals surface area contributed by atoms with E-state index in [4.69, 9.17) is 5.11 Å². The Kier molecular flexibility index (Phi) is 5.29. The summed E-state index contributed by atoms with van der Waals surface area (Å²) in [4.78, 5) is 2.11. The summed E-state index contributed by atoms with van der Waals surface area (Å²) in [5, 5.41) is 18.8. The molecule has 0 fully saturated rings. The van der Waals surface area contributed by atoms with Crippen LogP contribution >= 0.6 is 0 Å². The Morgan fingerprint density at radius 3 is 2.50 bits per heavy atom.